The number of ether oxygens (including phenoxy) is 4. The van der Waals surface area contributed by atoms with Gasteiger partial charge in [0.15, 0.2) is 12.2 Å². The molecular weight excluding hydrogens is 1490 g/mol. The van der Waals surface area contributed by atoms with Gasteiger partial charge < -0.3 is 33.8 Å². The van der Waals surface area contributed by atoms with E-state index in [4.69, 9.17) is 37.0 Å². The molecule has 0 fully saturated rings. The van der Waals surface area contributed by atoms with Crippen LogP contribution in [0.2, 0.25) is 0 Å². The van der Waals surface area contributed by atoms with Crippen molar-refractivity contribution in [2.24, 2.45) is 23.7 Å². The summed E-state index contributed by atoms with van der Waals surface area (Å²) in [6.07, 6.45) is 78.0. The number of hydrogen-bond donors (Lipinski definition) is 3. The van der Waals surface area contributed by atoms with E-state index >= 15 is 0 Å². The summed E-state index contributed by atoms with van der Waals surface area (Å²) < 4.78 is 69.2. The summed E-state index contributed by atoms with van der Waals surface area (Å²) in [5.74, 6) is 1.11. The van der Waals surface area contributed by atoms with E-state index in [0.29, 0.717) is 25.7 Å². The largest absolute Gasteiger partial charge is 0.472 e. The molecule has 0 radical (unpaired) electrons. The van der Waals surface area contributed by atoms with Gasteiger partial charge in [0.2, 0.25) is 0 Å². The highest BCUT2D eigenvalue weighted by atomic mass is 31.2. The van der Waals surface area contributed by atoms with E-state index in [9.17, 15) is 43.2 Å². The molecule has 0 aromatic carbocycles. The maximum absolute atomic E-state index is 13.2. The summed E-state index contributed by atoms with van der Waals surface area (Å²) in [5, 5.41) is 10.7. The van der Waals surface area contributed by atoms with Crippen LogP contribution in [0.25, 0.3) is 0 Å². The first-order valence-electron chi connectivity index (χ1n) is 49.2. The van der Waals surface area contributed by atoms with E-state index in [0.717, 1.165) is 114 Å². The van der Waals surface area contributed by atoms with Gasteiger partial charge >= 0.3 is 39.5 Å². The fraction of sp³-hybridized carbons (Fsp3) is 0.958. The maximum atomic E-state index is 13.2. The van der Waals surface area contributed by atoms with Gasteiger partial charge in [0, 0.05) is 25.7 Å². The smallest absolute Gasteiger partial charge is 0.462 e. The molecule has 3 N–H and O–H groups in total. The van der Waals surface area contributed by atoms with Crippen molar-refractivity contribution in [3.63, 3.8) is 0 Å². The molecule has 0 aliphatic heterocycles. The van der Waals surface area contributed by atoms with Crippen molar-refractivity contribution in [2.45, 2.75) is 530 Å². The third-order valence-corrected chi connectivity index (χ3v) is 24.5. The van der Waals surface area contributed by atoms with E-state index in [1.165, 1.54) is 315 Å². The zero-order valence-corrected chi connectivity index (χ0v) is 78.2. The molecule has 0 heterocycles. The Kier molecular flexibility index (Phi) is 82.9. The first-order valence-corrected chi connectivity index (χ1v) is 52.2. The molecule has 0 saturated heterocycles. The first kappa shape index (κ1) is 113. The van der Waals surface area contributed by atoms with E-state index in [1.807, 2.05) is 0 Å². The van der Waals surface area contributed by atoms with Crippen LogP contribution in [0, 0.1) is 23.7 Å². The molecule has 684 valence electrons. The lowest BCUT2D eigenvalue weighted by atomic mass is 10.0. The minimum Gasteiger partial charge on any atom is -0.462 e. The van der Waals surface area contributed by atoms with Crippen molar-refractivity contribution >= 4 is 39.5 Å². The summed E-state index contributed by atoms with van der Waals surface area (Å²) >= 11 is 0. The average Bonchev–Trinajstić information content (AvgIpc) is 0.897. The monoisotopic (exact) mass is 1680 g/mol. The number of aliphatic hydroxyl groups excluding tert-OH is 1. The zero-order chi connectivity index (χ0) is 84.5. The Labute approximate surface area is 708 Å². The Bertz CT molecular complexity index is 2220. The molecule has 115 heavy (non-hydrogen) atoms. The van der Waals surface area contributed by atoms with Gasteiger partial charge in [-0.2, -0.15) is 0 Å². The van der Waals surface area contributed by atoms with Gasteiger partial charge in [-0.25, -0.2) is 9.13 Å². The number of esters is 4. The van der Waals surface area contributed by atoms with Crippen molar-refractivity contribution in [3.8, 4) is 0 Å². The van der Waals surface area contributed by atoms with Gasteiger partial charge in [0.1, 0.15) is 19.3 Å². The van der Waals surface area contributed by atoms with Crippen molar-refractivity contribution in [3.05, 3.63) is 0 Å². The Morgan fingerprint density at radius 2 is 0.365 bits per heavy atom. The summed E-state index contributed by atoms with van der Waals surface area (Å²) in [6, 6.07) is 0. The second kappa shape index (κ2) is 84.3. The molecule has 19 heteroatoms. The minimum atomic E-state index is -4.97. The maximum Gasteiger partial charge on any atom is 0.472 e. The predicted molar refractivity (Wildman–Crippen MR) is 478 cm³/mol. The second-order valence-corrected chi connectivity index (χ2v) is 39.3. The van der Waals surface area contributed by atoms with Crippen LogP contribution in [0.3, 0.4) is 0 Å². The third-order valence-electron chi connectivity index (χ3n) is 22.6. The quantitative estimate of drug-likeness (QED) is 0.0222. The highest BCUT2D eigenvalue weighted by molar-refractivity contribution is 7.47. The van der Waals surface area contributed by atoms with Crippen LogP contribution in [-0.4, -0.2) is 96.7 Å². The van der Waals surface area contributed by atoms with Crippen LogP contribution in [0.15, 0.2) is 0 Å². The fourth-order valence-corrected chi connectivity index (χ4v) is 16.7. The summed E-state index contributed by atoms with van der Waals surface area (Å²) in [5.41, 5.74) is 0. The topological polar surface area (TPSA) is 237 Å². The van der Waals surface area contributed by atoms with Crippen LogP contribution < -0.4 is 0 Å². The molecule has 0 aromatic heterocycles. The Morgan fingerprint density at radius 1 is 0.217 bits per heavy atom. The molecule has 0 amide bonds. The molecule has 0 rings (SSSR count). The molecule has 0 spiro atoms. The number of rotatable bonds is 93. The van der Waals surface area contributed by atoms with Gasteiger partial charge in [-0.3, -0.25) is 37.3 Å². The highest BCUT2D eigenvalue weighted by Crippen LogP contribution is 2.45. The van der Waals surface area contributed by atoms with Crippen LogP contribution in [0.4, 0.5) is 0 Å². The normalized spacial score (nSPS) is 13.8. The highest BCUT2D eigenvalue weighted by Gasteiger charge is 2.31. The molecule has 2 unspecified atom stereocenters. The minimum absolute atomic E-state index is 0.108. The Balaban J connectivity index is 5.24. The zero-order valence-electron chi connectivity index (χ0n) is 76.4. The van der Waals surface area contributed by atoms with Crippen LogP contribution in [0.5, 0.6) is 0 Å². The van der Waals surface area contributed by atoms with Crippen molar-refractivity contribution < 1.29 is 80.2 Å². The number of hydrogen-bond acceptors (Lipinski definition) is 15. The van der Waals surface area contributed by atoms with E-state index in [1.54, 1.807) is 0 Å². The molecule has 17 nitrogen and oxygen atoms in total. The molecule has 5 atom stereocenters. The number of aliphatic hydroxyl groups is 1. The van der Waals surface area contributed by atoms with Gasteiger partial charge in [0.25, 0.3) is 0 Å². The molecule has 0 aromatic rings. The lowest BCUT2D eigenvalue weighted by Gasteiger charge is -2.21. The van der Waals surface area contributed by atoms with Crippen molar-refractivity contribution in [2.75, 3.05) is 39.6 Å². The van der Waals surface area contributed by atoms with Crippen molar-refractivity contribution in [1.29, 1.82) is 0 Å². The van der Waals surface area contributed by atoms with E-state index < -0.39 is 97.5 Å². The Morgan fingerprint density at radius 3 is 0.539 bits per heavy atom. The SMILES string of the molecule is CC(C)CCCCCCCCCCCCCCCCCCCCC(=O)OC[C@H](COP(=O)(O)OC[C@@H](O)COP(=O)(O)OC[C@@H](COC(=O)CCCCCCCCCCCC(C)C)OC(=O)CCCCCCCCCCCCCCCCCCCCC(C)C)OC(=O)CCCCCCCCCCCCCCCCCCCCC(C)C. The molecule has 0 aliphatic carbocycles. The molecule has 0 aliphatic rings. The van der Waals surface area contributed by atoms with Gasteiger partial charge in [-0.05, 0) is 49.4 Å². The van der Waals surface area contributed by atoms with Gasteiger partial charge in [-0.1, -0.05) is 460 Å². The van der Waals surface area contributed by atoms with Crippen molar-refractivity contribution in [1.82, 2.24) is 0 Å². The summed E-state index contributed by atoms with van der Waals surface area (Å²) in [4.78, 5) is 73.6. The van der Waals surface area contributed by atoms with E-state index in [2.05, 4.69) is 55.4 Å². The second-order valence-electron chi connectivity index (χ2n) is 36.4. The van der Waals surface area contributed by atoms with Gasteiger partial charge in [0.05, 0.1) is 26.4 Å². The number of carbonyl (C=O) groups is 4. The molecular formula is C96H188O17P2. The van der Waals surface area contributed by atoms with Gasteiger partial charge in [-0.15, -0.1) is 0 Å². The lowest BCUT2D eigenvalue weighted by Crippen LogP contribution is -2.30. The molecule has 0 saturated carbocycles. The van der Waals surface area contributed by atoms with Crippen LogP contribution >= 0.6 is 15.6 Å². The van der Waals surface area contributed by atoms with E-state index in [-0.39, 0.29) is 25.7 Å². The van der Waals surface area contributed by atoms with Crippen LogP contribution in [0.1, 0.15) is 511 Å². The number of phosphoric acid groups is 2. The average molecular weight is 1680 g/mol. The number of phosphoric ester groups is 2. The summed E-state index contributed by atoms with van der Waals surface area (Å²) in [7, 11) is -9.94. The standard InChI is InChI=1S/C96H188O17P2/c1-86(2)72-64-56-48-40-33-27-21-15-9-12-18-24-30-36-44-52-60-68-76-93(98)106-82-91(112-95(100)78-70-62-54-45-37-31-25-19-13-10-16-22-28-34-41-49-57-65-73-87(3)4)84-110-114(102,103)108-80-90(97)81-109-115(104,105)111-85-92(83-107-94(99)77-69-61-53-47-39-43-51-59-67-75-89(7)8)113-96(101)79-71-63-55-46-38-32-26-20-14-11-17-23-29-35-42-50-58-66-74-88(5)6/h86-92,97H,9-85H2,1-8H3,(H,102,103)(H,104,105)/t90-,91-,92-/m1/s1. The molecule has 0 bridgehead atoms. The summed E-state index contributed by atoms with van der Waals surface area (Å²) in [6.45, 7) is 14.4. The fourth-order valence-electron chi connectivity index (χ4n) is 15.1. The third kappa shape index (κ3) is 89.6. The predicted octanol–water partition coefficient (Wildman–Crippen LogP) is 29.8. The lowest BCUT2D eigenvalue weighted by molar-refractivity contribution is -0.161. The van der Waals surface area contributed by atoms with Crippen LogP contribution in [-0.2, 0) is 65.4 Å². The number of carbonyl (C=O) groups excluding carboxylic acids is 4. The number of unbranched alkanes of at least 4 members (excludes halogenated alkanes) is 59. The first-order chi connectivity index (χ1) is 55.6. The Hall–Kier alpha value is -1.94.